The molecule has 2 aliphatic heterocycles. The molecule has 2 amide bonds. The van der Waals surface area contributed by atoms with Crippen LogP contribution in [0.5, 0.6) is 0 Å². The summed E-state index contributed by atoms with van der Waals surface area (Å²) < 4.78 is 0. The van der Waals surface area contributed by atoms with Gasteiger partial charge in [-0.3, -0.25) is 9.59 Å². The van der Waals surface area contributed by atoms with Gasteiger partial charge in [0.25, 0.3) is 0 Å². The van der Waals surface area contributed by atoms with Gasteiger partial charge in [0.2, 0.25) is 11.8 Å². The first-order chi connectivity index (χ1) is 14.5. The van der Waals surface area contributed by atoms with Crippen LogP contribution in [0.25, 0.3) is 0 Å². The van der Waals surface area contributed by atoms with E-state index in [1.54, 1.807) is 11.8 Å². The predicted octanol–water partition coefficient (Wildman–Crippen LogP) is 4.30. The Kier molecular flexibility index (Phi) is 4.32. The second-order valence-electron chi connectivity index (χ2n) is 10.8. The van der Waals surface area contributed by atoms with Crippen LogP contribution in [0.2, 0.25) is 0 Å². The lowest BCUT2D eigenvalue weighted by Gasteiger charge is -2.59. The Bertz CT molecular complexity index is 836. The van der Waals surface area contributed by atoms with E-state index < -0.39 is 0 Å². The highest BCUT2D eigenvalue weighted by molar-refractivity contribution is 8.00. The van der Waals surface area contributed by atoms with Crippen molar-refractivity contribution >= 4 is 23.6 Å². The largest absolute Gasteiger partial charge is 0.351 e. The molecule has 0 spiro atoms. The van der Waals surface area contributed by atoms with E-state index in [2.05, 4.69) is 24.4 Å². The summed E-state index contributed by atoms with van der Waals surface area (Å²) in [6.07, 6.45) is 9.46. The van der Waals surface area contributed by atoms with Gasteiger partial charge in [0.15, 0.2) is 0 Å². The fourth-order valence-corrected chi connectivity index (χ4v) is 9.66. The molecule has 0 aromatic heterocycles. The van der Waals surface area contributed by atoms with Gasteiger partial charge in [-0.2, -0.15) is 0 Å². The fourth-order valence-electron chi connectivity index (χ4n) is 8.01. The Hall–Kier alpha value is -1.49. The molecule has 7 rings (SSSR count). The predicted molar refractivity (Wildman–Crippen MR) is 119 cm³/mol. The Morgan fingerprint density at radius 2 is 1.73 bits per heavy atom. The van der Waals surface area contributed by atoms with Crippen LogP contribution in [0.4, 0.5) is 0 Å². The van der Waals surface area contributed by atoms with Crippen molar-refractivity contribution in [3.63, 3.8) is 0 Å². The molecule has 0 radical (unpaired) electrons. The van der Waals surface area contributed by atoms with Crippen LogP contribution in [-0.2, 0) is 14.5 Å². The van der Waals surface area contributed by atoms with Crippen molar-refractivity contribution in [2.24, 2.45) is 23.2 Å². The van der Waals surface area contributed by atoms with E-state index in [9.17, 15) is 9.59 Å². The minimum Gasteiger partial charge on any atom is -0.351 e. The van der Waals surface area contributed by atoms with Crippen molar-refractivity contribution in [3.8, 4) is 0 Å². The molecule has 3 atom stereocenters. The van der Waals surface area contributed by atoms with Crippen molar-refractivity contribution in [2.75, 3.05) is 5.75 Å². The van der Waals surface area contributed by atoms with Gasteiger partial charge in [-0.25, -0.2) is 0 Å². The first-order valence-electron chi connectivity index (χ1n) is 11.8. The molecule has 4 bridgehead atoms. The van der Waals surface area contributed by atoms with Crippen molar-refractivity contribution in [1.29, 1.82) is 0 Å². The molecule has 4 saturated carbocycles. The van der Waals surface area contributed by atoms with Crippen molar-refractivity contribution < 1.29 is 9.59 Å². The Morgan fingerprint density at radius 1 is 1.10 bits per heavy atom. The maximum Gasteiger partial charge on any atom is 0.243 e. The standard InChI is InChI=1S/C25H32N2O2S/c1-16(24-12-17-9-18(13-24)11-19(10-17)14-24)26-23(29)21-15-30-25(8-7-22(28)27(21)25)20-5-3-2-4-6-20/h2-6,16-19,21H,7-15H2,1H3,(H,26,29)/t16-,17?,18?,19?,21+,24?,25-/m1/s1. The van der Waals surface area contributed by atoms with Crippen LogP contribution >= 0.6 is 11.8 Å². The summed E-state index contributed by atoms with van der Waals surface area (Å²) in [6.45, 7) is 2.24. The summed E-state index contributed by atoms with van der Waals surface area (Å²) >= 11 is 1.78. The average Bonchev–Trinajstić information content (AvgIpc) is 3.27. The van der Waals surface area contributed by atoms with Crippen LogP contribution in [0, 0.1) is 23.2 Å². The maximum atomic E-state index is 13.5. The minimum absolute atomic E-state index is 0.0683. The molecule has 1 N–H and O–H groups in total. The van der Waals surface area contributed by atoms with Crippen LogP contribution in [0.1, 0.15) is 63.9 Å². The number of nitrogens with zero attached hydrogens (tertiary/aromatic N) is 1. The number of hydrogen-bond donors (Lipinski definition) is 1. The molecule has 6 aliphatic rings. The van der Waals surface area contributed by atoms with E-state index in [1.165, 1.54) is 38.5 Å². The van der Waals surface area contributed by atoms with Crippen molar-refractivity contribution in [1.82, 2.24) is 10.2 Å². The van der Waals surface area contributed by atoms with E-state index in [-0.39, 0.29) is 28.8 Å². The second-order valence-corrected chi connectivity index (χ2v) is 12.0. The van der Waals surface area contributed by atoms with Gasteiger partial charge in [0, 0.05) is 18.2 Å². The number of benzene rings is 1. The van der Waals surface area contributed by atoms with Gasteiger partial charge >= 0.3 is 0 Å². The number of nitrogens with one attached hydrogen (secondary N) is 1. The van der Waals surface area contributed by atoms with E-state index >= 15 is 0 Å². The zero-order valence-corrected chi connectivity index (χ0v) is 18.6. The van der Waals surface area contributed by atoms with Crippen molar-refractivity contribution in [3.05, 3.63) is 35.9 Å². The Morgan fingerprint density at radius 3 is 2.37 bits per heavy atom. The minimum atomic E-state index is -0.357. The number of fused-ring (bicyclic) bond motifs is 1. The molecule has 4 nitrogen and oxygen atoms in total. The van der Waals surface area contributed by atoms with E-state index in [0.29, 0.717) is 17.6 Å². The number of carbonyl (C=O) groups is 2. The highest BCUT2D eigenvalue weighted by Crippen LogP contribution is 2.61. The molecule has 2 saturated heterocycles. The van der Waals surface area contributed by atoms with Gasteiger partial charge in [-0.15, -0.1) is 11.8 Å². The molecular formula is C25H32N2O2S. The maximum absolute atomic E-state index is 13.5. The third-order valence-corrected chi connectivity index (χ3v) is 10.6. The van der Waals surface area contributed by atoms with E-state index in [1.807, 2.05) is 23.1 Å². The molecule has 5 heteroatoms. The van der Waals surface area contributed by atoms with Gasteiger partial charge in [0.05, 0.1) is 0 Å². The van der Waals surface area contributed by atoms with Gasteiger partial charge in [-0.05, 0) is 80.6 Å². The molecule has 160 valence electrons. The quantitative estimate of drug-likeness (QED) is 0.784. The molecule has 30 heavy (non-hydrogen) atoms. The molecule has 1 aromatic rings. The SMILES string of the molecule is C[C@@H](NC(=O)[C@@H]1CS[C@@]2(c3ccccc3)CCC(=O)N12)C12CC3CC(CC(C3)C1)C2. The third kappa shape index (κ3) is 2.73. The topological polar surface area (TPSA) is 49.4 Å². The van der Waals surface area contributed by atoms with Gasteiger partial charge in [-0.1, -0.05) is 30.3 Å². The van der Waals surface area contributed by atoms with Crippen LogP contribution in [-0.4, -0.2) is 34.6 Å². The van der Waals surface area contributed by atoms with Crippen LogP contribution in [0.15, 0.2) is 30.3 Å². The summed E-state index contributed by atoms with van der Waals surface area (Å²) in [5, 5.41) is 3.43. The van der Waals surface area contributed by atoms with Crippen LogP contribution < -0.4 is 5.32 Å². The Balaban J connectivity index is 1.22. The highest BCUT2D eigenvalue weighted by Gasteiger charge is 2.58. The molecule has 6 fully saturated rings. The lowest BCUT2D eigenvalue weighted by molar-refractivity contribution is -0.140. The summed E-state index contributed by atoms with van der Waals surface area (Å²) in [6, 6.07) is 10.2. The number of thioether (sulfide) groups is 1. The third-order valence-electron chi connectivity index (χ3n) is 9.02. The van der Waals surface area contributed by atoms with Crippen LogP contribution in [0.3, 0.4) is 0 Å². The fraction of sp³-hybridized carbons (Fsp3) is 0.680. The zero-order chi connectivity index (χ0) is 20.5. The molecule has 1 aromatic carbocycles. The van der Waals surface area contributed by atoms with Gasteiger partial charge in [0.1, 0.15) is 10.9 Å². The van der Waals surface area contributed by atoms with Crippen molar-refractivity contribution in [2.45, 2.75) is 75.2 Å². The van der Waals surface area contributed by atoms with Gasteiger partial charge < -0.3 is 10.2 Å². The number of carbonyl (C=O) groups excluding carboxylic acids is 2. The summed E-state index contributed by atoms with van der Waals surface area (Å²) in [5.41, 5.74) is 1.45. The zero-order valence-electron chi connectivity index (χ0n) is 17.8. The Labute approximate surface area is 183 Å². The first kappa shape index (κ1) is 19.2. The molecular weight excluding hydrogens is 392 g/mol. The number of hydrogen-bond acceptors (Lipinski definition) is 3. The molecule has 2 heterocycles. The lowest BCUT2D eigenvalue weighted by atomic mass is 9.48. The first-order valence-corrected chi connectivity index (χ1v) is 12.8. The smallest absolute Gasteiger partial charge is 0.243 e. The summed E-state index contributed by atoms with van der Waals surface area (Å²) in [4.78, 5) is 27.9. The highest BCUT2D eigenvalue weighted by atomic mass is 32.2. The molecule has 4 aliphatic carbocycles. The monoisotopic (exact) mass is 424 g/mol. The average molecular weight is 425 g/mol. The van der Waals surface area contributed by atoms with E-state index in [4.69, 9.17) is 0 Å². The van der Waals surface area contributed by atoms with E-state index in [0.717, 1.165) is 29.7 Å². The number of rotatable bonds is 4. The number of amides is 2. The normalized spacial score (nSPS) is 42.4. The lowest BCUT2D eigenvalue weighted by Crippen LogP contribution is -2.58. The summed E-state index contributed by atoms with van der Waals surface area (Å²) in [5.74, 6) is 3.53. The summed E-state index contributed by atoms with van der Waals surface area (Å²) in [7, 11) is 0. The molecule has 0 unspecified atom stereocenters. The second kappa shape index (κ2) is 6.75.